The van der Waals surface area contributed by atoms with Crippen LogP contribution in [0.25, 0.3) is 0 Å². The molecule has 0 spiro atoms. The highest BCUT2D eigenvalue weighted by Crippen LogP contribution is 2.16. The van der Waals surface area contributed by atoms with Crippen LogP contribution in [0.5, 0.6) is 0 Å². The minimum absolute atomic E-state index is 0.124. The summed E-state index contributed by atoms with van der Waals surface area (Å²) >= 11 is 0. The largest absolute Gasteiger partial charge is 0.601 e. The van der Waals surface area contributed by atoms with Crippen LogP contribution in [-0.4, -0.2) is 10.9 Å². The topological polar surface area (TPSA) is 90.8 Å². The quantitative estimate of drug-likeness (QED) is 0.419. The Morgan fingerprint density at radius 1 is 1.58 bits per heavy atom. The summed E-state index contributed by atoms with van der Waals surface area (Å²) < 4.78 is 0. The molecule has 4 N–H and O–H groups in total. The van der Waals surface area contributed by atoms with E-state index in [0.717, 1.165) is 0 Å². The molecule has 0 aromatic carbocycles. The Morgan fingerprint density at radius 3 is 3.25 bits per heavy atom. The summed E-state index contributed by atoms with van der Waals surface area (Å²) in [6.45, 7) is 0. The Labute approximate surface area is 68.3 Å². The van der Waals surface area contributed by atoms with Gasteiger partial charge in [0.05, 0.1) is 6.20 Å². The van der Waals surface area contributed by atoms with Gasteiger partial charge in [0.15, 0.2) is 5.69 Å². The van der Waals surface area contributed by atoms with Crippen LogP contribution in [-0.2, 0) is 0 Å². The standard InChI is InChI=1S/C6H7N5O/c7-6-9-4-1-2-8-3-5(4)11(12)10-6/h1-3,11H,(H3,7,9,10). The van der Waals surface area contributed by atoms with Crippen LogP contribution in [0.4, 0.5) is 11.4 Å². The molecule has 1 aromatic heterocycles. The first-order chi connectivity index (χ1) is 5.77. The number of fused-ring (bicyclic) bond motifs is 1. The number of guanidine groups is 1. The molecule has 1 aliphatic rings. The number of aromatic nitrogens is 1. The van der Waals surface area contributed by atoms with Gasteiger partial charge in [-0.25, -0.2) is 5.17 Å². The van der Waals surface area contributed by atoms with E-state index >= 15 is 0 Å². The van der Waals surface area contributed by atoms with Gasteiger partial charge in [-0.15, -0.1) is 0 Å². The van der Waals surface area contributed by atoms with Crippen LogP contribution in [0.2, 0.25) is 0 Å². The van der Waals surface area contributed by atoms with Crippen molar-refractivity contribution < 1.29 is 5.17 Å². The molecule has 2 heterocycles. The Bertz CT molecular complexity index is 336. The van der Waals surface area contributed by atoms with Gasteiger partial charge in [-0.3, -0.25) is 4.98 Å². The minimum Gasteiger partial charge on any atom is -0.601 e. The molecule has 0 fully saturated rings. The Balaban J connectivity index is 2.48. The van der Waals surface area contributed by atoms with Crippen molar-refractivity contribution in [1.29, 1.82) is 0 Å². The SMILES string of the molecule is NC1=N[NH+]([O-])c2cnccc2N1. The lowest BCUT2D eigenvalue weighted by atomic mass is 10.3. The van der Waals surface area contributed by atoms with Crippen molar-refractivity contribution in [2.24, 2.45) is 10.8 Å². The van der Waals surface area contributed by atoms with Gasteiger partial charge < -0.3 is 16.3 Å². The number of nitrogens with zero attached hydrogens (tertiary/aromatic N) is 2. The maximum absolute atomic E-state index is 11.1. The lowest BCUT2D eigenvalue weighted by molar-refractivity contribution is -0.783. The molecule has 0 bridgehead atoms. The molecule has 2 rings (SSSR count). The third-order valence-corrected chi connectivity index (χ3v) is 1.54. The highest BCUT2D eigenvalue weighted by Gasteiger charge is 2.16. The fourth-order valence-electron chi connectivity index (χ4n) is 1.01. The van der Waals surface area contributed by atoms with Gasteiger partial charge in [0.2, 0.25) is 0 Å². The second-order valence-electron chi connectivity index (χ2n) is 2.35. The van der Waals surface area contributed by atoms with Crippen LogP contribution in [0, 0.1) is 5.21 Å². The summed E-state index contributed by atoms with van der Waals surface area (Å²) in [5.74, 6) is 0.124. The predicted molar refractivity (Wildman–Crippen MR) is 43.5 cm³/mol. The highest BCUT2D eigenvalue weighted by atomic mass is 16.5. The number of hydrogen-bond acceptors (Lipinski definition) is 5. The zero-order chi connectivity index (χ0) is 8.55. The summed E-state index contributed by atoms with van der Waals surface area (Å²) in [5, 5.41) is 17.1. The van der Waals surface area contributed by atoms with Gasteiger partial charge in [-0.05, 0) is 11.2 Å². The van der Waals surface area contributed by atoms with Crippen LogP contribution in [0.15, 0.2) is 23.6 Å². The Hall–Kier alpha value is -1.66. The van der Waals surface area contributed by atoms with Crippen molar-refractivity contribution in [2.45, 2.75) is 0 Å². The molecule has 1 atom stereocenters. The van der Waals surface area contributed by atoms with Crippen molar-refractivity contribution in [3.63, 3.8) is 0 Å². The number of quaternary nitrogens is 1. The van der Waals surface area contributed by atoms with Crippen LogP contribution in [0.1, 0.15) is 0 Å². The van der Waals surface area contributed by atoms with Gasteiger partial charge in [0, 0.05) is 6.20 Å². The van der Waals surface area contributed by atoms with Gasteiger partial charge >= 0.3 is 0 Å². The van der Waals surface area contributed by atoms with Gasteiger partial charge in [0.1, 0.15) is 5.69 Å². The molecular weight excluding hydrogens is 158 g/mol. The fourth-order valence-corrected chi connectivity index (χ4v) is 1.01. The number of anilines is 1. The number of pyridine rings is 1. The predicted octanol–water partition coefficient (Wildman–Crippen LogP) is -1.25. The fraction of sp³-hybridized carbons (Fsp3) is 0. The molecule has 0 saturated carbocycles. The lowest BCUT2D eigenvalue weighted by Crippen LogP contribution is -2.98. The number of hydrogen-bond donors (Lipinski definition) is 3. The number of nitrogens with two attached hydrogens (primary N) is 1. The molecule has 0 radical (unpaired) electrons. The smallest absolute Gasteiger partial charge is 0.252 e. The van der Waals surface area contributed by atoms with Crippen LogP contribution in [0.3, 0.4) is 0 Å². The molecule has 1 aliphatic heterocycles. The van der Waals surface area contributed by atoms with E-state index < -0.39 is 0 Å². The van der Waals surface area contributed by atoms with E-state index in [9.17, 15) is 5.21 Å². The summed E-state index contributed by atoms with van der Waals surface area (Å²) in [5.41, 5.74) is 6.44. The van der Waals surface area contributed by atoms with E-state index in [1.165, 1.54) is 6.20 Å². The lowest BCUT2D eigenvalue weighted by Gasteiger charge is -2.22. The van der Waals surface area contributed by atoms with E-state index in [4.69, 9.17) is 5.73 Å². The highest BCUT2D eigenvalue weighted by molar-refractivity contribution is 5.94. The number of rotatable bonds is 0. The summed E-state index contributed by atoms with van der Waals surface area (Å²) in [4.78, 5) is 3.80. The van der Waals surface area contributed by atoms with Crippen molar-refractivity contribution >= 4 is 17.3 Å². The maximum Gasteiger partial charge on any atom is 0.252 e. The maximum atomic E-state index is 11.1. The van der Waals surface area contributed by atoms with E-state index in [1.807, 2.05) is 0 Å². The zero-order valence-corrected chi connectivity index (χ0v) is 6.11. The molecule has 6 heteroatoms. The molecule has 1 aromatic rings. The third-order valence-electron chi connectivity index (χ3n) is 1.54. The average molecular weight is 165 g/mol. The monoisotopic (exact) mass is 165 g/mol. The molecule has 12 heavy (non-hydrogen) atoms. The Morgan fingerprint density at radius 2 is 2.42 bits per heavy atom. The first-order valence-electron chi connectivity index (χ1n) is 3.37. The third kappa shape index (κ3) is 0.987. The zero-order valence-electron chi connectivity index (χ0n) is 6.11. The van der Waals surface area contributed by atoms with Gasteiger partial charge in [0.25, 0.3) is 5.96 Å². The molecule has 0 aliphatic carbocycles. The van der Waals surface area contributed by atoms with Gasteiger partial charge in [-0.2, -0.15) is 0 Å². The second-order valence-corrected chi connectivity index (χ2v) is 2.35. The molecule has 62 valence electrons. The van der Waals surface area contributed by atoms with Gasteiger partial charge in [-0.1, -0.05) is 0 Å². The van der Waals surface area contributed by atoms with E-state index in [0.29, 0.717) is 11.4 Å². The second kappa shape index (κ2) is 2.43. The van der Waals surface area contributed by atoms with E-state index in [2.05, 4.69) is 15.4 Å². The summed E-state index contributed by atoms with van der Waals surface area (Å²) in [6.07, 6.45) is 3.04. The normalized spacial score (nSPS) is 20.8. The summed E-state index contributed by atoms with van der Waals surface area (Å²) in [6, 6.07) is 1.68. The minimum atomic E-state index is -0.352. The molecular formula is C6H7N5O. The first kappa shape index (κ1) is 7.01. The van der Waals surface area contributed by atoms with Crippen LogP contribution < -0.4 is 16.2 Å². The van der Waals surface area contributed by atoms with Crippen molar-refractivity contribution in [3.05, 3.63) is 23.7 Å². The van der Waals surface area contributed by atoms with Crippen molar-refractivity contribution in [3.8, 4) is 0 Å². The number of nitrogens with one attached hydrogen (secondary N) is 2. The van der Waals surface area contributed by atoms with Crippen molar-refractivity contribution in [2.75, 3.05) is 5.32 Å². The van der Waals surface area contributed by atoms with Crippen molar-refractivity contribution in [1.82, 2.24) is 4.98 Å². The summed E-state index contributed by atoms with van der Waals surface area (Å²) in [7, 11) is 0. The molecule has 0 amide bonds. The first-order valence-corrected chi connectivity index (χ1v) is 3.37. The average Bonchev–Trinajstić information content (AvgIpc) is 2.04. The van der Waals surface area contributed by atoms with E-state index in [1.54, 1.807) is 12.3 Å². The van der Waals surface area contributed by atoms with Crippen LogP contribution >= 0.6 is 0 Å². The van der Waals surface area contributed by atoms with E-state index in [-0.39, 0.29) is 11.1 Å². The molecule has 1 unspecified atom stereocenters. The molecule has 0 saturated heterocycles. The Kier molecular flexibility index (Phi) is 1.42. The molecule has 6 nitrogen and oxygen atoms in total.